The van der Waals surface area contributed by atoms with Crippen LogP contribution >= 0.6 is 0 Å². The highest BCUT2D eigenvalue weighted by molar-refractivity contribution is 5.95. The quantitative estimate of drug-likeness (QED) is 0.614. The number of alkyl halides is 3. The fourth-order valence-corrected chi connectivity index (χ4v) is 3.66. The summed E-state index contributed by atoms with van der Waals surface area (Å²) in [5.74, 6) is -1.75. The van der Waals surface area contributed by atoms with Crippen LogP contribution in [-0.4, -0.2) is 45.8 Å². The molecule has 2 aromatic heterocycles. The average Bonchev–Trinajstić information content (AvgIpc) is 3.13. The van der Waals surface area contributed by atoms with E-state index in [9.17, 15) is 27.5 Å². The second-order valence-electron chi connectivity index (χ2n) is 7.44. The highest BCUT2D eigenvalue weighted by atomic mass is 19.4. The number of imidazole rings is 1. The summed E-state index contributed by atoms with van der Waals surface area (Å²) >= 11 is 0. The molecule has 0 radical (unpaired) electrons. The van der Waals surface area contributed by atoms with Crippen molar-refractivity contribution in [1.82, 2.24) is 14.7 Å². The monoisotopic (exact) mass is 437 g/mol. The van der Waals surface area contributed by atoms with Gasteiger partial charge in [0.15, 0.2) is 0 Å². The van der Waals surface area contributed by atoms with Gasteiger partial charge < -0.3 is 15.2 Å². The Bertz CT molecular complexity index is 1120. The smallest absolute Gasteiger partial charge is 0.394 e. The number of hydrogen-bond donors (Lipinski definition) is 2. The van der Waals surface area contributed by atoms with Crippen molar-refractivity contribution in [3.05, 3.63) is 59.8 Å². The van der Waals surface area contributed by atoms with E-state index < -0.39 is 29.0 Å². The molecule has 0 bridgehead atoms. The van der Waals surface area contributed by atoms with Gasteiger partial charge in [0.2, 0.25) is 5.82 Å². The van der Waals surface area contributed by atoms with E-state index in [-0.39, 0.29) is 23.7 Å². The van der Waals surface area contributed by atoms with Crippen LogP contribution in [0.5, 0.6) is 0 Å². The van der Waals surface area contributed by atoms with Crippen molar-refractivity contribution in [2.24, 2.45) is 0 Å². The Morgan fingerprint density at radius 2 is 1.97 bits per heavy atom. The van der Waals surface area contributed by atoms with Gasteiger partial charge in [-0.2, -0.15) is 13.2 Å². The van der Waals surface area contributed by atoms with Gasteiger partial charge in [-0.25, -0.2) is 9.37 Å². The summed E-state index contributed by atoms with van der Waals surface area (Å²) < 4.78 is 60.0. The lowest BCUT2D eigenvalue weighted by molar-refractivity contribution is -0.137. The number of hydrogen-bond acceptors (Lipinski definition) is 4. The molecule has 31 heavy (non-hydrogen) atoms. The summed E-state index contributed by atoms with van der Waals surface area (Å²) in [5, 5.41) is 12.6. The molecule has 0 aliphatic carbocycles. The first-order valence-corrected chi connectivity index (χ1v) is 9.59. The van der Waals surface area contributed by atoms with E-state index in [0.717, 1.165) is 12.1 Å². The Kier molecular flexibility index (Phi) is 5.44. The highest BCUT2D eigenvalue weighted by Gasteiger charge is 2.35. The number of rotatable bonds is 4. The van der Waals surface area contributed by atoms with E-state index in [1.54, 1.807) is 24.4 Å². The van der Waals surface area contributed by atoms with Crippen LogP contribution in [0, 0.1) is 5.82 Å². The summed E-state index contributed by atoms with van der Waals surface area (Å²) in [4.78, 5) is 17.3. The lowest BCUT2D eigenvalue weighted by Gasteiger charge is -2.36. The lowest BCUT2D eigenvalue weighted by Crippen LogP contribution is -2.54. The molecule has 0 unspecified atom stereocenters. The fourth-order valence-electron chi connectivity index (χ4n) is 3.66. The number of aliphatic hydroxyl groups excluding tert-OH is 1. The van der Waals surface area contributed by atoms with Crippen LogP contribution in [0.4, 0.5) is 17.6 Å². The zero-order valence-electron chi connectivity index (χ0n) is 16.2. The molecule has 2 N–H and O–H groups in total. The molecule has 4 rings (SSSR count). The summed E-state index contributed by atoms with van der Waals surface area (Å²) in [5.41, 5.74) is -1.73. The summed E-state index contributed by atoms with van der Waals surface area (Å²) in [7, 11) is 0. The molecule has 164 valence electrons. The predicted octanol–water partition coefficient (Wildman–Crippen LogP) is 3.43. The maximum Gasteiger partial charge on any atom is 0.416 e. The molecule has 1 saturated heterocycles. The van der Waals surface area contributed by atoms with Crippen LogP contribution < -0.4 is 5.32 Å². The minimum Gasteiger partial charge on any atom is -0.394 e. The van der Waals surface area contributed by atoms with E-state index in [0.29, 0.717) is 37.6 Å². The first-order chi connectivity index (χ1) is 14.7. The highest BCUT2D eigenvalue weighted by Crippen LogP contribution is 2.34. The first kappa shape index (κ1) is 21.3. The molecule has 3 aromatic rings. The van der Waals surface area contributed by atoms with Gasteiger partial charge in [0.25, 0.3) is 5.91 Å². The van der Waals surface area contributed by atoms with Crippen molar-refractivity contribution in [2.75, 3.05) is 19.8 Å². The number of nitrogens with one attached hydrogen (secondary N) is 1. The Balaban J connectivity index is 1.76. The van der Waals surface area contributed by atoms with E-state index in [2.05, 4.69) is 10.3 Å². The predicted molar refractivity (Wildman–Crippen MR) is 103 cm³/mol. The summed E-state index contributed by atoms with van der Waals surface area (Å²) in [6, 6.07) is 7.07. The molecule has 0 saturated carbocycles. The molecule has 1 aliphatic heterocycles. The Morgan fingerprint density at radius 3 is 2.61 bits per heavy atom. The van der Waals surface area contributed by atoms with Crippen LogP contribution in [0.15, 0.2) is 42.6 Å². The van der Waals surface area contributed by atoms with Gasteiger partial charge in [0.1, 0.15) is 5.82 Å². The van der Waals surface area contributed by atoms with E-state index >= 15 is 0 Å². The number of benzene rings is 1. The van der Waals surface area contributed by atoms with Crippen LogP contribution in [-0.2, 0) is 10.9 Å². The lowest BCUT2D eigenvalue weighted by atomic mass is 9.91. The number of amides is 1. The van der Waals surface area contributed by atoms with E-state index in [4.69, 9.17) is 4.74 Å². The third-order valence-electron chi connectivity index (χ3n) is 5.43. The fraction of sp³-hybridized carbons (Fsp3) is 0.333. The topological polar surface area (TPSA) is 75.9 Å². The van der Waals surface area contributed by atoms with Gasteiger partial charge in [0, 0.05) is 25.0 Å². The molecular weight excluding hydrogens is 418 g/mol. The second-order valence-corrected chi connectivity index (χ2v) is 7.44. The van der Waals surface area contributed by atoms with E-state index in [1.807, 2.05) is 0 Å². The number of halogens is 4. The molecular formula is C21H19F4N3O3. The molecule has 1 aliphatic rings. The second kappa shape index (κ2) is 7.93. The number of pyridine rings is 1. The van der Waals surface area contributed by atoms with Crippen molar-refractivity contribution in [3.63, 3.8) is 0 Å². The van der Waals surface area contributed by atoms with Crippen LogP contribution in [0.1, 0.15) is 29.0 Å². The zero-order valence-corrected chi connectivity index (χ0v) is 16.2. The van der Waals surface area contributed by atoms with Crippen molar-refractivity contribution in [1.29, 1.82) is 0 Å². The van der Waals surface area contributed by atoms with Crippen molar-refractivity contribution in [3.8, 4) is 11.3 Å². The SMILES string of the molecule is O=C(NC1(CO)CCOCC1)c1nc(-c2ccc(C(F)(F)F)cc2F)c2ccccn12. The largest absolute Gasteiger partial charge is 0.416 e. The van der Waals surface area contributed by atoms with Gasteiger partial charge >= 0.3 is 6.18 Å². The third kappa shape index (κ3) is 4.00. The molecule has 1 aromatic carbocycles. The number of carbonyl (C=O) groups is 1. The molecule has 0 spiro atoms. The molecule has 1 amide bonds. The van der Waals surface area contributed by atoms with Gasteiger partial charge in [0.05, 0.1) is 28.9 Å². The maximum absolute atomic E-state index is 14.6. The summed E-state index contributed by atoms with van der Waals surface area (Å²) in [6.07, 6.45) is -2.29. The Labute approximate surface area is 174 Å². The molecule has 3 heterocycles. The Hall–Kier alpha value is -2.98. The summed E-state index contributed by atoms with van der Waals surface area (Å²) in [6.45, 7) is 0.474. The number of carbonyl (C=O) groups excluding carboxylic acids is 1. The van der Waals surface area contributed by atoms with Crippen LogP contribution in [0.25, 0.3) is 16.8 Å². The Morgan fingerprint density at radius 1 is 1.23 bits per heavy atom. The number of fused-ring (bicyclic) bond motifs is 1. The normalized spacial score (nSPS) is 16.4. The number of nitrogens with zero attached hydrogens (tertiary/aromatic N) is 2. The number of aromatic nitrogens is 2. The van der Waals surface area contributed by atoms with Crippen LogP contribution in [0.2, 0.25) is 0 Å². The minimum atomic E-state index is -4.68. The van der Waals surface area contributed by atoms with Crippen molar-refractivity contribution >= 4 is 11.4 Å². The van der Waals surface area contributed by atoms with Crippen molar-refractivity contribution < 1.29 is 32.2 Å². The van der Waals surface area contributed by atoms with Gasteiger partial charge in [-0.1, -0.05) is 6.07 Å². The van der Waals surface area contributed by atoms with Gasteiger partial charge in [-0.3, -0.25) is 9.20 Å². The average molecular weight is 437 g/mol. The van der Waals surface area contributed by atoms with Gasteiger partial charge in [-0.05, 0) is 43.2 Å². The minimum absolute atomic E-state index is 0.0435. The number of aliphatic hydroxyl groups is 1. The molecule has 1 fully saturated rings. The van der Waals surface area contributed by atoms with Crippen LogP contribution in [0.3, 0.4) is 0 Å². The van der Waals surface area contributed by atoms with Gasteiger partial charge in [-0.15, -0.1) is 0 Å². The molecule has 6 nitrogen and oxygen atoms in total. The maximum atomic E-state index is 14.6. The zero-order chi connectivity index (χ0) is 22.2. The molecule has 0 atom stereocenters. The van der Waals surface area contributed by atoms with E-state index in [1.165, 1.54) is 4.40 Å². The molecule has 10 heteroatoms. The number of ether oxygens (including phenoxy) is 1. The first-order valence-electron chi connectivity index (χ1n) is 9.59. The standard InChI is InChI=1S/C21H19F4N3O3/c22-15-11-13(21(23,24)25)4-5-14(15)17-16-3-1-2-8-28(16)18(26-17)19(30)27-20(12-29)6-9-31-10-7-20/h1-5,8,11,29H,6-7,9-10,12H2,(H,27,30). The van der Waals surface area contributed by atoms with Crippen molar-refractivity contribution in [2.45, 2.75) is 24.6 Å². The third-order valence-corrected chi connectivity index (χ3v) is 5.43.